The van der Waals surface area contributed by atoms with Crippen molar-refractivity contribution >= 4 is 5.96 Å². The van der Waals surface area contributed by atoms with Crippen molar-refractivity contribution < 1.29 is 0 Å². The Labute approximate surface area is 153 Å². The maximum atomic E-state index is 4.28. The highest BCUT2D eigenvalue weighted by atomic mass is 15.3. The monoisotopic (exact) mass is 345 g/mol. The van der Waals surface area contributed by atoms with E-state index in [1.807, 2.05) is 7.05 Å². The van der Waals surface area contributed by atoms with Crippen molar-refractivity contribution in [3.05, 3.63) is 35.9 Å². The molecule has 1 aliphatic heterocycles. The van der Waals surface area contributed by atoms with Crippen LogP contribution in [0, 0.1) is 0 Å². The summed E-state index contributed by atoms with van der Waals surface area (Å²) in [6, 6.07) is 10.8. The molecule has 5 nitrogen and oxygen atoms in total. The van der Waals surface area contributed by atoms with Gasteiger partial charge in [0.25, 0.3) is 0 Å². The topological polar surface area (TPSA) is 42.9 Å². The molecule has 0 unspecified atom stereocenters. The van der Waals surface area contributed by atoms with Crippen molar-refractivity contribution in [2.24, 2.45) is 4.99 Å². The molecule has 1 aromatic rings. The number of hydrogen-bond donors (Lipinski definition) is 2. The van der Waals surface area contributed by atoms with Gasteiger partial charge in [0.05, 0.1) is 0 Å². The third-order valence-electron chi connectivity index (χ3n) is 4.37. The average Bonchev–Trinajstić information content (AvgIpc) is 2.59. The van der Waals surface area contributed by atoms with Crippen molar-refractivity contribution in [1.82, 2.24) is 20.4 Å². The average molecular weight is 346 g/mol. The van der Waals surface area contributed by atoms with Gasteiger partial charge in [-0.3, -0.25) is 9.89 Å². The molecule has 2 rings (SSSR count). The van der Waals surface area contributed by atoms with Crippen LogP contribution in [0.4, 0.5) is 0 Å². The zero-order chi connectivity index (χ0) is 18.1. The largest absolute Gasteiger partial charge is 0.356 e. The summed E-state index contributed by atoms with van der Waals surface area (Å²) in [7, 11) is 1.83. The molecule has 0 saturated carbocycles. The molecule has 0 spiro atoms. The first-order chi connectivity index (χ1) is 12.0. The van der Waals surface area contributed by atoms with Gasteiger partial charge in [-0.25, -0.2) is 0 Å². The lowest BCUT2D eigenvalue weighted by molar-refractivity contribution is 0.126. The Bertz CT molecular complexity index is 513. The Balaban J connectivity index is 1.59. The van der Waals surface area contributed by atoms with Gasteiger partial charge in [0.1, 0.15) is 0 Å². The first-order valence-electron chi connectivity index (χ1n) is 9.44. The number of nitrogens with zero attached hydrogens (tertiary/aromatic N) is 3. The molecule has 1 aromatic carbocycles. The molecule has 140 valence electrons. The van der Waals surface area contributed by atoms with Crippen LogP contribution in [0.3, 0.4) is 0 Å². The number of hydrogen-bond acceptors (Lipinski definition) is 3. The number of rotatable bonds is 6. The van der Waals surface area contributed by atoms with Crippen LogP contribution in [0.5, 0.6) is 0 Å². The molecular formula is C20H35N5. The molecule has 0 bridgehead atoms. The summed E-state index contributed by atoms with van der Waals surface area (Å²) < 4.78 is 0. The summed E-state index contributed by atoms with van der Waals surface area (Å²) in [4.78, 5) is 9.41. The van der Waals surface area contributed by atoms with E-state index < -0.39 is 0 Å². The van der Waals surface area contributed by atoms with Crippen molar-refractivity contribution in [3.8, 4) is 0 Å². The van der Waals surface area contributed by atoms with E-state index in [9.17, 15) is 0 Å². The van der Waals surface area contributed by atoms with Crippen LogP contribution in [0.25, 0.3) is 0 Å². The van der Waals surface area contributed by atoms with E-state index in [1.165, 1.54) is 18.7 Å². The lowest BCUT2D eigenvalue weighted by Gasteiger charge is -2.34. The molecule has 1 saturated heterocycles. The Kier molecular flexibility index (Phi) is 7.72. The summed E-state index contributed by atoms with van der Waals surface area (Å²) in [5.41, 5.74) is 1.45. The summed E-state index contributed by atoms with van der Waals surface area (Å²) in [6.07, 6.45) is 1.14. The molecule has 5 heteroatoms. The van der Waals surface area contributed by atoms with Crippen LogP contribution in [-0.4, -0.2) is 67.6 Å². The van der Waals surface area contributed by atoms with E-state index in [2.05, 4.69) is 76.5 Å². The van der Waals surface area contributed by atoms with Gasteiger partial charge in [0.15, 0.2) is 5.96 Å². The summed E-state index contributed by atoms with van der Waals surface area (Å²) in [5.74, 6) is 0.889. The van der Waals surface area contributed by atoms with Crippen molar-refractivity contribution in [3.63, 3.8) is 0 Å². The minimum absolute atomic E-state index is 0.0386. The predicted molar refractivity (Wildman–Crippen MR) is 107 cm³/mol. The van der Waals surface area contributed by atoms with Gasteiger partial charge in [0.2, 0.25) is 0 Å². The molecular weight excluding hydrogens is 310 g/mol. The summed E-state index contributed by atoms with van der Waals surface area (Å²) in [5, 5.41) is 6.80. The van der Waals surface area contributed by atoms with Gasteiger partial charge >= 0.3 is 0 Å². The van der Waals surface area contributed by atoms with Crippen LogP contribution in [0.15, 0.2) is 35.3 Å². The van der Waals surface area contributed by atoms with E-state index >= 15 is 0 Å². The number of piperazine rings is 1. The molecule has 2 N–H and O–H groups in total. The molecule has 0 atom stereocenters. The Morgan fingerprint density at radius 2 is 1.68 bits per heavy atom. The molecule has 1 aliphatic rings. The molecule has 1 heterocycles. The minimum Gasteiger partial charge on any atom is -0.356 e. The second kappa shape index (κ2) is 9.78. The third-order valence-corrected chi connectivity index (χ3v) is 4.37. The number of nitrogens with one attached hydrogen (secondary N) is 2. The summed E-state index contributed by atoms with van der Waals surface area (Å²) in [6.45, 7) is 14.3. The lowest BCUT2D eigenvalue weighted by Crippen LogP contribution is -2.49. The Hall–Kier alpha value is -1.59. The second-order valence-electron chi connectivity index (χ2n) is 7.83. The van der Waals surface area contributed by atoms with Crippen LogP contribution >= 0.6 is 0 Å². The van der Waals surface area contributed by atoms with Crippen LogP contribution in [-0.2, 0) is 6.54 Å². The normalized spacial score (nSPS) is 17.5. The molecule has 0 amide bonds. The van der Waals surface area contributed by atoms with Gasteiger partial charge in [-0.05, 0) is 39.3 Å². The van der Waals surface area contributed by atoms with Gasteiger partial charge in [-0.1, -0.05) is 30.3 Å². The molecule has 1 fully saturated rings. The highest BCUT2D eigenvalue weighted by molar-refractivity contribution is 5.80. The predicted octanol–water partition coefficient (Wildman–Crippen LogP) is 2.16. The van der Waals surface area contributed by atoms with Crippen molar-refractivity contribution in [2.45, 2.75) is 39.3 Å². The zero-order valence-electron chi connectivity index (χ0n) is 16.4. The smallest absolute Gasteiger partial charge is 0.191 e. The highest BCUT2D eigenvalue weighted by Crippen LogP contribution is 2.08. The van der Waals surface area contributed by atoms with E-state index in [0.29, 0.717) is 0 Å². The second-order valence-corrected chi connectivity index (χ2v) is 7.83. The molecule has 0 aromatic heterocycles. The first-order valence-corrected chi connectivity index (χ1v) is 9.44. The Morgan fingerprint density at radius 3 is 2.28 bits per heavy atom. The first kappa shape index (κ1) is 19.7. The molecule has 25 heavy (non-hydrogen) atoms. The summed E-state index contributed by atoms with van der Waals surface area (Å²) >= 11 is 0. The lowest BCUT2D eigenvalue weighted by atomic mass is 10.1. The number of guanidine groups is 1. The zero-order valence-corrected chi connectivity index (χ0v) is 16.4. The number of aliphatic imine (C=N–C) groups is 1. The van der Waals surface area contributed by atoms with Crippen molar-refractivity contribution in [2.75, 3.05) is 46.3 Å². The SMILES string of the molecule is CN=C(NCCCN1CCN(Cc2ccccc2)CC1)NC(C)(C)C. The Morgan fingerprint density at radius 1 is 1.04 bits per heavy atom. The van der Waals surface area contributed by atoms with Gasteiger partial charge in [-0.2, -0.15) is 0 Å². The molecule has 0 radical (unpaired) electrons. The van der Waals surface area contributed by atoms with E-state index in [0.717, 1.165) is 45.1 Å². The fourth-order valence-electron chi connectivity index (χ4n) is 3.06. The third kappa shape index (κ3) is 7.88. The highest BCUT2D eigenvalue weighted by Gasteiger charge is 2.16. The number of benzene rings is 1. The van der Waals surface area contributed by atoms with Crippen molar-refractivity contribution in [1.29, 1.82) is 0 Å². The van der Waals surface area contributed by atoms with Crippen LogP contribution < -0.4 is 10.6 Å². The standard InChI is InChI=1S/C20H35N5/c1-20(2,3)23-19(21-4)22-11-8-12-24-13-15-25(16-14-24)17-18-9-6-5-7-10-18/h5-7,9-10H,8,11-17H2,1-4H3,(H2,21,22,23). The van der Waals surface area contributed by atoms with E-state index in [-0.39, 0.29) is 5.54 Å². The fraction of sp³-hybridized carbons (Fsp3) is 0.650. The van der Waals surface area contributed by atoms with Gasteiger partial charge in [0, 0.05) is 51.9 Å². The maximum Gasteiger partial charge on any atom is 0.191 e. The van der Waals surface area contributed by atoms with Gasteiger partial charge < -0.3 is 15.5 Å². The van der Waals surface area contributed by atoms with Crippen LogP contribution in [0.2, 0.25) is 0 Å². The van der Waals surface area contributed by atoms with Gasteiger partial charge in [-0.15, -0.1) is 0 Å². The van der Waals surface area contributed by atoms with E-state index in [1.54, 1.807) is 0 Å². The molecule has 0 aliphatic carbocycles. The quantitative estimate of drug-likeness (QED) is 0.471. The minimum atomic E-state index is 0.0386. The maximum absolute atomic E-state index is 4.28. The van der Waals surface area contributed by atoms with E-state index in [4.69, 9.17) is 0 Å². The van der Waals surface area contributed by atoms with Crippen LogP contribution in [0.1, 0.15) is 32.8 Å². The fourth-order valence-corrected chi connectivity index (χ4v) is 3.06.